The van der Waals surface area contributed by atoms with Crippen LogP contribution in [0.15, 0.2) is 36.5 Å². The SMILES string of the molecule is CCO[C@H](CC(=O)O)c1ccc(OCc2ccc(Cl)c(Cl)c2)nc1. The molecule has 5 nitrogen and oxygen atoms in total. The maximum atomic E-state index is 10.9. The van der Waals surface area contributed by atoms with Gasteiger partial charge >= 0.3 is 5.97 Å². The first-order valence-electron chi connectivity index (χ1n) is 7.35. The van der Waals surface area contributed by atoms with Crippen LogP contribution in [-0.2, 0) is 16.1 Å². The largest absolute Gasteiger partial charge is 0.481 e. The second-order valence-electron chi connectivity index (χ2n) is 5.01. The number of pyridine rings is 1. The minimum Gasteiger partial charge on any atom is -0.481 e. The molecule has 128 valence electrons. The molecule has 0 spiro atoms. The fourth-order valence-electron chi connectivity index (χ4n) is 2.09. The van der Waals surface area contributed by atoms with E-state index < -0.39 is 12.1 Å². The Hall–Kier alpha value is -1.82. The Bertz CT molecular complexity index is 691. The molecule has 1 aromatic heterocycles. The van der Waals surface area contributed by atoms with Crippen molar-refractivity contribution in [1.82, 2.24) is 4.98 Å². The van der Waals surface area contributed by atoms with Gasteiger partial charge in [0.2, 0.25) is 5.88 Å². The lowest BCUT2D eigenvalue weighted by molar-refractivity contribution is -0.140. The summed E-state index contributed by atoms with van der Waals surface area (Å²) in [6.07, 6.45) is 0.927. The van der Waals surface area contributed by atoms with Crippen LogP contribution in [0.2, 0.25) is 10.0 Å². The van der Waals surface area contributed by atoms with Gasteiger partial charge in [-0.15, -0.1) is 0 Å². The maximum Gasteiger partial charge on any atom is 0.306 e. The molecule has 0 unspecified atom stereocenters. The van der Waals surface area contributed by atoms with Gasteiger partial charge in [0, 0.05) is 18.9 Å². The highest BCUT2D eigenvalue weighted by atomic mass is 35.5. The first-order valence-corrected chi connectivity index (χ1v) is 8.11. The number of aromatic nitrogens is 1. The number of carboxylic acid groups (broad SMARTS) is 1. The molecule has 0 bridgehead atoms. The quantitative estimate of drug-likeness (QED) is 0.740. The van der Waals surface area contributed by atoms with Gasteiger partial charge in [0.15, 0.2) is 0 Å². The monoisotopic (exact) mass is 369 g/mol. The predicted octanol–water partition coefficient (Wildman–Crippen LogP) is 4.52. The molecule has 0 radical (unpaired) electrons. The first kappa shape index (κ1) is 18.5. The molecule has 0 amide bonds. The molecule has 1 N–H and O–H groups in total. The van der Waals surface area contributed by atoms with Gasteiger partial charge in [-0.05, 0) is 36.2 Å². The third kappa shape index (κ3) is 5.37. The third-order valence-corrected chi connectivity index (χ3v) is 3.97. The number of aliphatic carboxylic acids is 1. The Labute approximate surface area is 150 Å². The zero-order chi connectivity index (χ0) is 17.5. The van der Waals surface area contributed by atoms with Crippen molar-refractivity contribution in [2.24, 2.45) is 0 Å². The van der Waals surface area contributed by atoms with Crippen molar-refractivity contribution in [2.45, 2.75) is 26.1 Å². The van der Waals surface area contributed by atoms with E-state index in [1.54, 1.807) is 30.5 Å². The van der Waals surface area contributed by atoms with Crippen molar-refractivity contribution in [1.29, 1.82) is 0 Å². The van der Waals surface area contributed by atoms with Gasteiger partial charge < -0.3 is 14.6 Å². The summed E-state index contributed by atoms with van der Waals surface area (Å²) in [5, 5.41) is 9.89. The number of halogens is 2. The molecule has 7 heteroatoms. The van der Waals surface area contributed by atoms with Crippen LogP contribution < -0.4 is 4.74 Å². The highest BCUT2D eigenvalue weighted by Crippen LogP contribution is 2.24. The smallest absolute Gasteiger partial charge is 0.306 e. The van der Waals surface area contributed by atoms with Gasteiger partial charge in [0.05, 0.1) is 22.6 Å². The van der Waals surface area contributed by atoms with Crippen LogP contribution in [0.4, 0.5) is 0 Å². The summed E-state index contributed by atoms with van der Waals surface area (Å²) in [7, 11) is 0. The van der Waals surface area contributed by atoms with Crippen LogP contribution in [0.3, 0.4) is 0 Å². The molecule has 1 aromatic carbocycles. The average molecular weight is 370 g/mol. The van der Waals surface area contributed by atoms with Crippen molar-refractivity contribution in [3.05, 3.63) is 57.7 Å². The number of hydrogen-bond donors (Lipinski definition) is 1. The molecular formula is C17H17Cl2NO4. The van der Waals surface area contributed by atoms with Gasteiger partial charge in [0.1, 0.15) is 6.61 Å². The summed E-state index contributed by atoms with van der Waals surface area (Å²) in [6.45, 7) is 2.54. The zero-order valence-corrected chi connectivity index (χ0v) is 14.5. The lowest BCUT2D eigenvalue weighted by atomic mass is 10.1. The fraction of sp³-hybridized carbons (Fsp3) is 0.294. The van der Waals surface area contributed by atoms with E-state index in [1.807, 2.05) is 13.0 Å². The van der Waals surface area contributed by atoms with E-state index >= 15 is 0 Å². The Kier molecular flexibility index (Phi) is 6.85. The summed E-state index contributed by atoms with van der Waals surface area (Å²) in [6, 6.07) is 8.69. The van der Waals surface area contributed by atoms with Gasteiger partial charge in [-0.2, -0.15) is 0 Å². The zero-order valence-electron chi connectivity index (χ0n) is 13.0. The summed E-state index contributed by atoms with van der Waals surface area (Å²) in [4.78, 5) is 15.1. The van der Waals surface area contributed by atoms with Crippen LogP contribution in [0.25, 0.3) is 0 Å². The minimum absolute atomic E-state index is 0.112. The van der Waals surface area contributed by atoms with E-state index in [9.17, 15) is 4.79 Å². The Morgan fingerprint density at radius 1 is 1.25 bits per heavy atom. The fourth-order valence-corrected chi connectivity index (χ4v) is 2.41. The number of ether oxygens (including phenoxy) is 2. The van der Waals surface area contributed by atoms with Gasteiger partial charge in [-0.3, -0.25) is 4.79 Å². The van der Waals surface area contributed by atoms with E-state index in [0.29, 0.717) is 34.7 Å². The van der Waals surface area contributed by atoms with Crippen molar-refractivity contribution < 1.29 is 19.4 Å². The van der Waals surface area contributed by atoms with Crippen molar-refractivity contribution >= 4 is 29.2 Å². The molecule has 0 aliphatic carbocycles. The van der Waals surface area contributed by atoms with Crippen molar-refractivity contribution in [2.75, 3.05) is 6.61 Å². The van der Waals surface area contributed by atoms with Crippen LogP contribution in [0.1, 0.15) is 30.6 Å². The second-order valence-corrected chi connectivity index (χ2v) is 5.82. The number of carbonyl (C=O) groups is 1. The predicted molar refractivity (Wildman–Crippen MR) is 91.7 cm³/mol. The molecule has 0 aliphatic heterocycles. The molecule has 0 saturated heterocycles. The standard InChI is InChI=1S/C17H17Cl2NO4/c1-2-23-15(8-17(21)22)12-4-6-16(20-9-12)24-10-11-3-5-13(18)14(19)7-11/h3-7,9,15H,2,8,10H2,1H3,(H,21,22)/t15-/m1/s1. The van der Waals surface area contributed by atoms with Gasteiger partial charge in [-0.25, -0.2) is 4.98 Å². The minimum atomic E-state index is -0.923. The van der Waals surface area contributed by atoms with Gasteiger partial charge in [-0.1, -0.05) is 29.3 Å². The molecule has 24 heavy (non-hydrogen) atoms. The number of rotatable bonds is 8. The van der Waals surface area contributed by atoms with Crippen molar-refractivity contribution in [3.8, 4) is 5.88 Å². The molecule has 1 atom stereocenters. The summed E-state index contributed by atoms with van der Waals surface area (Å²) < 4.78 is 11.0. The molecule has 0 fully saturated rings. The van der Waals surface area contributed by atoms with E-state index in [4.69, 9.17) is 37.8 Å². The number of nitrogens with zero attached hydrogens (tertiary/aromatic N) is 1. The maximum absolute atomic E-state index is 10.9. The van der Waals surface area contributed by atoms with Crippen molar-refractivity contribution in [3.63, 3.8) is 0 Å². The highest BCUT2D eigenvalue weighted by Gasteiger charge is 2.16. The summed E-state index contributed by atoms with van der Waals surface area (Å²) in [5.41, 5.74) is 1.56. The summed E-state index contributed by atoms with van der Waals surface area (Å²) >= 11 is 11.8. The molecule has 0 aliphatic rings. The Morgan fingerprint density at radius 3 is 2.62 bits per heavy atom. The lowest BCUT2D eigenvalue weighted by Crippen LogP contribution is -2.10. The van der Waals surface area contributed by atoms with E-state index in [0.717, 1.165) is 5.56 Å². The Morgan fingerprint density at radius 2 is 2.04 bits per heavy atom. The lowest BCUT2D eigenvalue weighted by Gasteiger charge is -2.15. The number of carboxylic acids is 1. The molecule has 0 saturated carbocycles. The van der Waals surface area contributed by atoms with Crippen LogP contribution in [0.5, 0.6) is 5.88 Å². The molecule has 2 aromatic rings. The van der Waals surface area contributed by atoms with E-state index in [1.165, 1.54) is 0 Å². The molecule has 2 rings (SSSR count). The number of benzene rings is 1. The van der Waals surface area contributed by atoms with E-state index in [-0.39, 0.29) is 6.42 Å². The van der Waals surface area contributed by atoms with Crippen LogP contribution in [-0.4, -0.2) is 22.7 Å². The molecular weight excluding hydrogens is 353 g/mol. The summed E-state index contributed by atoms with van der Waals surface area (Å²) in [5.74, 6) is -0.496. The number of hydrogen-bond acceptors (Lipinski definition) is 4. The van der Waals surface area contributed by atoms with Gasteiger partial charge in [0.25, 0.3) is 0 Å². The first-order chi connectivity index (χ1) is 11.5. The van der Waals surface area contributed by atoms with Crippen LogP contribution >= 0.6 is 23.2 Å². The average Bonchev–Trinajstić information content (AvgIpc) is 2.56. The topological polar surface area (TPSA) is 68.7 Å². The third-order valence-electron chi connectivity index (χ3n) is 3.23. The Balaban J connectivity index is 2.00. The van der Waals surface area contributed by atoms with Crippen LogP contribution in [0, 0.1) is 0 Å². The van der Waals surface area contributed by atoms with E-state index in [2.05, 4.69) is 4.98 Å². The molecule has 1 heterocycles. The normalized spacial score (nSPS) is 12.0. The second kappa shape index (κ2) is 8.87. The highest BCUT2D eigenvalue weighted by molar-refractivity contribution is 6.42.